The highest BCUT2D eigenvalue weighted by Crippen LogP contribution is 2.33. The second-order valence-electron chi connectivity index (χ2n) is 6.61. The highest BCUT2D eigenvalue weighted by Gasteiger charge is 2.15. The summed E-state index contributed by atoms with van der Waals surface area (Å²) in [6.45, 7) is 1.97. The molecule has 8 heteroatoms. The van der Waals surface area contributed by atoms with E-state index in [1.165, 1.54) is 6.07 Å². The van der Waals surface area contributed by atoms with Gasteiger partial charge in [0.1, 0.15) is 11.3 Å². The van der Waals surface area contributed by atoms with E-state index in [0.717, 1.165) is 5.56 Å². The highest BCUT2D eigenvalue weighted by atomic mass is 79.9. The molecule has 3 N–H and O–H groups in total. The molecule has 3 aromatic carbocycles. The molecule has 0 saturated carbocycles. The van der Waals surface area contributed by atoms with Crippen LogP contribution in [0.25, 0.3) is 22.6 Å². The number of nitrogens with zero attached hydrogens (tertiary/aromatic N) is 1. The number of aromatic hydroxyl groups is 1. The summed E-state index contributed by atoms with van der Waals surface area (Å²) < 4.78 is 6.47. The normalized spacial score (nSPS) is 10.7. The number of nitrogens with one attached hydrogen (secondary N) is 2. The largest absolute Gasteiger partial charge is 0.507 e. The van der Waals surface area contributed by atoms with Crippen LogP contribution >= 0.6 is 28.1 Å². The number of fused-ring (bicyclic) bond motifs is 1. The lowest BCUT2D eigenvalue weighted by atomic mass is 10.1. The number of amides is 1. The molecule has 0 aliphatic rings. The Kier molecular flexibility index (Phi) is 5.52. The van der Waals surface area contributed by atoms with Gasteiger partial charge in [0.15, 0.2) is 10.7 Å². The van der Waals surface area contributed by atoms with E-state index < -0.39 is 0 Å². The number of hydrogen-bond donors (Lipinski definition) is 3. The molecule has 0 radical (unpaired) electrons. The van der Waals surface area contributed by atoms with Crippen molar-refractivity contribution in [2.45, 2.75) is 6.92 Å². The van der Waals surface area contributed by atoms with Crippen LogP contribution < -0.4 is 10.6 Å². The lowest BCUT2D eigenvalue weighted by molar-refractivity contribution is 0.0977. The SMILES string of the molecule is Cc1ccc2nc(-c3cc(NC(=S)NC(=O)c4ccccc4Br)ccc3O)oc2c1. The maximum Gasteiger partial charge on any atom is 0.258 e. The number of thiocarbonyl (C=S) groups is 1. The minimum Gasteiger partial charge on any atom is -0.507 e. The lowest BCUT2D eigenvalue weighted by Crippen LogP contribution is -2.34. The second-order valence-corrected chi connectivity index (χ2v) is 7.87. The van der Waals surface area contributed by atoms with Crippen LogP contribution in [0.2, 0.25) is 0 Å². The van der Waals surface area contributed by atoms with Gasteiger partial charge in [0.25, 0.3) is 5.91 Å². The quantitative estimate of drug-likeness (QED) is 0.268. The molecule has 0 aliphatic heterocycles. The van der Waals surface area contributed by atoms with E-state index in [2.05, 4.69) is 31.5 Å². The number of anilines is 1. The fraction of sp³-hybridized carbons (Fsp3) is 0.0455. The van der Waals surface area contributed by atoms with Gasteiger partial charge in [0, 0.05) is 10.2 Å². The van der Waals surface area contributed by atoms with E-state index in [-0.39, 0.29) is 16.8 Å². The van der Waals surface area contributed by atoms with Gasteiger partial charge >= 0.3 is 0 Å². The van der Waals surface area contributed by atoms with E-state index in [0.29, 0.717) is 38.3 Å². The minimum absolute atomic E-state index is 0.0204. The van der Waals surface area contributed by atoms with E-state index in [4.69, 9.17) is 16.6 Å². The zero-order chi connectivity index (χ0) is 21.3. The molecule has 0 bridgehead atoms. The summed E-state index contributed by atoms with van der Waals surface area (Å²) in [5.41, 5.74) is 3.84. The number of carbonyl (C=O) groups is 1. The van der Waals surface area contributed by atoms with Crippen LogP contribution in [0, 0.1) is 6.92 Å². The molecule has 0 unspecified atom stereocenters. The van der Waals surface area contributed by atoms with Crippen LogP contribution in [0.15, 0.2) is 69.6 Å². The molecule has 0 spiro atoms. The van der Waals surface area contributed by atoms with Crippen molar-refractivity contribution in [2.24, 2.45) is 0 Å². The van der Waals surface area contributed by atoms with Gasteiger partial charge in [-0.15, -0.1) is 0 Å². The van der Waals surface area contributed by atoms with E-state index in [1.54, 1.807) is 30.3 Å². The number of phenolic OH excluding ortho intramolecular Hbond substituents is 1. The first kappa shape index (κ1) is 20.1. The van der Waals surface area contributed by atoms with Crippen molar-refractivity contribution in [3.05, 3.63) is 76.3 Å². The third-order valence-electron chi connectivity index (χ3n) is 4.37. The molecule has 150 valence electrons. The second kappa shape index (κ2) is 8.25. The van der Waals surface area contributed by atoms with Crippen molar-refractivity contribution in [3.63, 3.8) is 0 Å². The number of halogens is 1. The Labute approximate surface area is 186 Å². The van der Waals surface area contributed by atoms with Gasteiger partial charge in [0.05, 0.1) is 11.1 Å². The van der Waals surface area contributed by atoms with Gasteiger partial charge in [-0.05, 0) is 83.1 Å². The average molecular weight is 482 g/mol. The molecule has 4 rings (SSSR count). The molecule has 6 nitrogen and oxygen atoms in total. The molecule has 1 heterocycles. The number of aryl methyl sites for hydroxylation is 1. The molecular formula is C22H16BrN3O3S. The van der Waals surface area contributed by atoms with Crippen LogP contribution in [-0.2, 0) is 0 Å². The number of benzene rings is 3. The van der Waals surface area contributed by atoms with Crippen molar-refractivity contribution in [2.75, 3.05) is 5.32 Å². The molecular weight excluding hydrogens is 466 g/mol. The Balaban J connectivity index is 1.54. The molecule has 1 amide bonds. The molecule has 0 aliphatic carbocycles. The number of aromatic nitrogens is 1. The maximum atomic E-state index is 12.4. The number of carbonyl (C=O) groups excluding carboxylic acids is 1. The molecule has 0 atom stereocenters. The number of rotatable bonds is 3. The highest BCUT2D eigenvalue weighted by molar-refractivity contribution is 9.10. The van der Waals surface area contributed by atoms with Crippen LogP contribution in [0.3, 0.4) is 0 Å². The summed E-state index contributed by atoms with van der Waals surface area (Å²) in [7, 11) is 0. The summed E-state index contributed by atoms with van der Waals surface area (Å²) in [5, 5.41) is 16.0. The van der Waals surface area contributed by atoms with Crippen LogP contribution in [0.1, 0.15) is 15.9 Å². The fourth-order valence-corrected chi connectivity index (χ4v) is 3.59. The Hall–Kier alpha value is -3.23. The van der Waals surface area contributed by atoms with Gasteiger partial charge in [-0.1, -0.05) is 18.2 Å². The Morgan fingerprint density at radius 2 is 1.93 bits per heavy atom. The first-order chi connectivity index (χ1) is 14.4. The van der Waals surface area contributed by atoms with Crippen LogP contribution in [0.5, 0.6) is 5.75 Å². The lowest BCUT2D eigenvalue weighted by Gasteiger charge is -2.11. The zero-order valence-corrected chi connectivity index (χ0v) is 18.2. The van der Waals surface area contributed by atoms with Gasteiger partial charge in [-0.2, -0.15) is 0 Å². The molecule has 1 aromatic heterocycles. The zero-order valence-electron chi connectivity index (χ0n) is 15.8. The summed E-state index contributed by atoms with van der Waals surface area (Å²) in [6.07, 6.45) is 0. The minimum atomic E-state index is -0.340. The summed E-state index contributed by atoms with van der Waals surface area (Å²) in [4.78, 5) is 16.8. The fourth-order valence-electron chi connectivity index (χ4n) is 2.91. The third kappa shape index (κ3) is 4.19. The predicted molar refractivity (Wildman–Crippen MR) is 124 cm³/mol. The summed E-state index contributed by atoms with van der Waals surface area (Å²) >= 11 is 8.60. The molecule has 30 heavy (non-hydrogen) atoms. The van der Waals surface area contributed by atoms with Crippen LogP contribution in [0.4, 0.5) is 5.69 Å². The van der Waals surface area contributed by atoms with E-state index >= 15 is 0 Å². The number of phenols is 1. The third-order valence-corrected chi connectivity index (χ3v) is 5.27. The standard InChI is InChI=1S/C22H16BrN3O3S/c1-12-6-8-17-19(10-12)29-21(25-17)15-11-13(7-9-18(15)27)24-22(30)26-20(28)14-4-2-3-5-16(14)23/h2-11,27H,1H3,(H2,24,26,28,30). The van der Waals surface area contributed by atoms with Gasteiger partial charge in [-0.3, -0.25) is 10.1 Å². The first-order valence-electron chi connectivity index (χ1n) is 8.98. The topological polar surface area (TPSA) is 87.4 Å². The molecule has 0 fully saturated rings. The summed E-state index contributed by atoms with van der Waals surface area (Å²) in [5.74, 6) is -0.0276. The van der Waals surface area contributed by atoms with Gasteiger partial charge in [-0.25, -0.2) is 4.98 Å². The average Bonchev–Trinajstić information content (AvgIpc) is 3.12. The Bertz CT molecular complexity index is 1290. The van der Waals surface area contributed by atoms with Gasteiger partial charge in [0.2, 0.25) is 5.89 Å². The Morgan fingerprint density at radius 3 is 2.73 bits per heavy atom. The molecule has 0 saturated heterocycles. The predicted octanol–water partition coefficient (Wildman–Crippen LogP) is 5.40. The monoisotopic (exact) mass is 481 g/mol. The van der Waals surface area contributed by atoms with Crippen molar-refractivity contribution in [3.8, 4) is 17.2 Å². The number of hydrogen-bond acceptors (Lipinski definition) is 5. The van der Waals surface area contributed by atoms with Gasteiger partial charge < -0.3 is 14.8 Å². The van der Waals surface area contributed by atoms with E-state index in [9.17, 15) is 9.90 Å². The number of oxazole rings is 1. The van der Waals surface area contributed by atoms with Crippen molar-refractivity contribution in [1.29, 1.82) is 0 Å². The van der Waals surface area contributed by atoms with Crippen molar-refractivity contribution >= 4 is 56.0 Å². The summed E-state index contributed by atoms with van der Waals surface area (Å²) in [6, 6.07) is 17.6. The van der Waals surface area contributed by atoms with E-state index in [1.807, 2.05) is 31.2 Å². The maximum absolute atomic E-state index is 12.4. The Morgan fingerprint density at radius 1 is 1.13 bits per heavy atom. The first-order valence-corrected chi connectivity index (χ1v) is 10.2. The molecule has 4 aromatic rings. The van der Waals surface area contributed by atoms with Crippen LogP contribution in [-0.4, -0.2) is 21.1 Å². The van der Waals surface area contributed by atoms with Crippen molar-refractivity contribution in [1.82, 2.24) is 10.3 Å². The smallest absolute Gasteiger partial charge is 0.258 e. The van der Waals surface area contributed by atoms with Crippen molar-refractivity contribution < 1.29 is 14.3 Å².